The zero-order valence-corrected chi connectivity index (χ0v) is 12.3. The molecule has 1 aliphatic rings. The maximum atomic E-state index is 12.7. The normalized spacial score (nSPS) is 15.4. The van der Waals surface area contributed by atoms with Crippen LogP contribution in [0.4, 0.5) is 5.69 Å². The lowest BCUT2D eigenvalue weighted by Gasteiger charge is -2.31. The van der Waals surface area contributed by atoms with E-state index in [1.165, 1.54) is 11.1 Å². The van der Waals surface area contributed by atoms with Gasteiger partial charge in [-0.2, -0.15) is 0 Å². The van der Waals surface area contributed by atoms with Gasteiger partial charge in [0.2, 0.25) is 5.91 Å². The molecule has 0 fully saturated rings. The van der Waals surface area contributed by atoms with Gasteiger partial charge in [-0.05, 0) is 42.2 Å². The summed E-state index contributed by atoms with van der Waals surface area (Å²) in [6, 6.07) is 16.0. The van der Waals surface area contributed by atoms with Crippen LogP contribution in [0.15, 0.2) is 48.5 Å². The molecule has 2 N–H and O–H groups in total. The molecule has 0 saturated carbocycles. The fourth-order valence-corrected chi connectivity index (χ4v) is 2.93. The van der Waals surface area contributed by atoms with Crippen LogP contribution in [0, 0.1) is 0 Å². The SMILES string of the molecule is CC(C(=O)N1CCc2ccccc2C1)c1cccc(N)c1. The molecule has 3 nitrogen and oxygen atoms in total. The fraction of sp³-hybridized carbons (Fsp3) is 0.278. The number of nitrogens with two attached hydrogens (primary N) is 1. The molecule has 1 amide bonds. The van der Waals surface area contributed by atoms with Gasteiger partial charge in [-0.15, -0.1) is 0 Å². The Morgan fingerprint density at radius 3 is 2.67 bits per heavy atom. The van der Waals surface area contributed by atoms with Crippen molar-refractivity contribution in [1.29, 1.82) is 0 Å². The monoisotopic (exact) mass is 280 g/mol. The zero-order chi connectivity index (χ0) is 14.8. The summed E-state index contributed by atoms with van der Waals surface area (Å²) in [6.45, 7) is 3.46. The van der Waals surface area contributed by atoms with Gasteiger partial charge in [-0.25, -0.2) is 0 Å². The second kappa shape index (κ2) is 5.60. The van der Waals surface area contributed by atoms with Crippen LogP contribution in [0.5, 0.6) is 0 Å². The maximum absolute atomic E-state index is 12.7. The molecule has 0 aromatic heterocycles. The third kappa shape index (κ3) is 2.77. The highest BCUT2D eigenvalue weighted by atomic mass is 16.2. The van der Waals surface area contributed by atoms with Crippen LogP contribution >= 0.6 is 0 Å². The molecule has 1 heterocycles. The minimum absolute atomic E-state index is 0.154. The fourth-order valence-electron chi connectivity index (χ4n) is 2.93. The molecule has 2 aromatic rings. The second-order valence-electron chi connectivity index (χ2n) is 5.67. The van der Waals surface area contributed by atoms with E-state index in [-0.39, 0.29) is 11.8 Å². The smallest absolute Gasteiger partial charge is 0.230 e. The van der Waals surface area contributed by atoms with Crippen LogP contribution in [0.3, 0.4) is 0 Å². The summed E-state index contributed by atoms with van der Waals surface area (Å²) in [5.41, 5.74) is 10.1. The van der Waals surface area contributed by atoms with Gasteiger partial charge >= 0.3 is 0 Å². The second-order valence-corrected chi connectivity index (χ2v) is 5.67. The van der Waals surface area contributed by atoms with E-state index in [1.807, 2.05) is 42.2 Å². The van der Waals surface area contributed by atoms with Crippen LogP contribution < -0.4 is 5.73 Å². The minimum Gasteiger partial charge on any atom is -0.399 e. The van der Waals surface area contributed by atoms with Crippen LogP contribution in [0.2, 0.25) is 0 Å². The van der Waals surface area contributed by atoms with Crippen molar-refractivity contribution in [3.63, 3.8) is 0 Å². The van der Waals surface area contributed by atoms with E-state index in [1.54, 1.807) is 0 Å². The Balaban J connectivity index is 1.77. The molecule has 3 heteroatoms. The van der Waals surface area contributed by atoms with Crippen LogP contribution in [0.25, 0.3) is 0 Å². The van der Waals surface area contributed by atoms with Crippen LogP contribution in [-0.2, 0) is 17.8 Å². The van der Waals surface area contributed by atoms with E-state index in [0.717, 1.165) is 18.5 Å². The summed E-state index contributed by atoms with van der Waals surface area (Å²) in [4.78, 5) is 14.7. The van der Waals surface area contributed by atoms with Gasteiger partial charge in [0.25, 0.3) is 0 Å². The number of nitrogens with zero attached hydrogens (tertiary/aromatic N) is 1. The molecule has 2 aromatic carbocycles. The topological polar surface area (TPSA) is 46.3 Å². The largest absolute Gasteiger partial charge is 0.399 e. The number of hydrogen-bond acceptors (Lipinski definition) is 2. The molecular formula is C18H20N2O. The molecule has 1 unspecified atom stereocenters. The van der Waals surface area contributed by atoms with Crippen LogP contribution in [0.1, 0.15) is 29.5 Å². The molecule has 1 aliphatic heterocycles. The highest BCUT2D eigenvalue weighted by Crippen LogP contribution is 2.24. The quantitative estimate of drug-likeness (QED) is 0.860. The number of carbonyl (C=O) groups is 1. The van der Waals surface area contributed by atoms with E-state index in [0.29, 0.717) is 12.2 Å². The molecule has 1 atom stereocenters. The first-order chi connectivity index (χ1) is 10.1. The van der Waals surface area contributed by atoms with Crippen molar-refractivity contribution >= 4 is 11.6 Å². The zero-order valence-electron chi connectivity index (χ0n) is 12.3. The first-order valence-corrected chi connectivity index (χ1v) is 7.36. The van der Waals surface area contributed by atoms with Crippen molar-refractivity contribution in [2.24, 2.45) is 0 Å². The lowest BCUT2D eigenvalue weighted by atomic mass is 9.95. The average molecular weight is 280 g/mol. The number of fused-ring (bicyclic) bond motifs is 1. The summed E-state index contributed by atoms with van der Waals surface area (Å²) < 4.78 is 0. The van der Waals surface area contributed by atoms with Gasteiger partial charge in [0.05, 0.1) is 5.92 Å². The molecule has 0 aliphatic carbocycles. The number of anilines is 1. The third-order valence-corrected chi connectivity index (χ3v) is 4.22. The Morgan fingerprint density at radius 2 is 1.90 bits per heavy atom. The maximum Gasteiger partial charge on any atom is 0.230 e. The first kappa shape index (κ1) is 13.7. The lowest BCUT2D eigenvalue weighted by molar-refractivity contribution is -0.133. The van der Waals surface area contributed by atoms with E-state index >= 15 is 0 Å². The number of rotatable bonds is 2. The van der Waals surface area contributed by atoms with Crippen molar-refractivity contribution in [3.8, 4) is 0 Å². The van der Waals surface area contributed by atoms with Crippen molar-refractivity contribution < 1.29 is 4.79 Å². The van der Waals surface area contributed by atoms with Crippen molar-refractivity contribution in [2.45, 2.75) is 25.8 Å². The van der Waals surface area contributed by atoms with Crippen molar-refractivity contribution in [1.82, 2.24) is 4.90 Å². The van der Waals surface area contributed by atoms with Crippen LogP contribution in [-0.4, -0.2) is 17.4 Å². The Hall–Kier alpha value is -2.29. The highest BCUT2D eigenvalue weighted by molar-refractivity contribution is 5.83. The number of nitrogen functional groups attached to an aromatic ring is 1. The predicted octanol–water partition coefficient (Wildman–Crippen LogP) is 2.96. The van der Waals surface area contributed by atoms with E-state index < -0.39 is 0 Å². The molecule has 0 saturated heterocycles. The highest BCUT2D eigenvalue weighted by Gasteiger charge is 2.25. The van der Waals surface area contributed by atoms with E-state index in [2.05, 4.69) is 18.2 Å². The number of amides is 1. The number of carbonyl (C=O) groups excluding carboxylic acids is 1. The van der Waals surface area contributed by atoms with Gasteiger partial charge in [0.1, 0.15) is 0 Å². The molecule has 108 valence electrons. The van der Waals surface area contributed by atoms with Gasteiger partial charge in [-0.1, -0.05) is 36.4 Å². The lowest BCUT2D eigenvalue weighted by Crippen LogP contribution is -2.38. The Labute approximate surface area is 125 Å². The molecule has 0 bridgehead atoms. The Morgan fingerprint density at radius 1 is 1.14 bits per heavy atom. The summed E-state index contributed by atoms with van der Waals surface area (Å²) in [6.07, 6.45) is 0.936. The number of hydrogen-bond donors (Lipinski definition) is 1. The Bertz CT molecular complexity index is 666. The average Bonchev–Trinajstić information content (AvgIpc) is 2.53. The van der Waals surface area contributed by atoms with E-state index in [9.17, 15) is 4.79 Å². The summed E-state index contributed by atoms with van der Waals surface area (Å²) in [5, 5.41) is 0. The van der Waals surface area contributed by atoms with Gasteiger partial charge in [0.15, 0.2) is 0 Å². The molecule has 3 rings (SSSR count). The summed E-state index contributed by atoms with van der Waals surface area (Å²) in [7, 11) is 0. The van der Waals surface area contributed by atoms with Crippen molar-refractivity contribution in [2.75, 3.05) is 12.3 Å². The van der Waals surface area contributed by atoms with E-state index in [4.69, 9.17) is 5.73 Å². The first-order valence-electron chi connectivity index (χ1n) is 7.36. The third-order valence-electron chi connectivity index (χ3n) is 4.22. The predicted molar refractivity (Wildman–Crippen MR) is 84.8 cm³/mol. The Kier molecular flexibility index (Phi) is 3.65. The van der Waals surface area contributed by atoms with Gasteiger partial charge < -0.3 is 10.6 Å². The molecular weight excluding hydrogens is 260 g/mol. The minimum atomic E-state index is -0.154. The summed E-state index contributed by atoms with van der Waals surface area (Å²) in [5.74, 6) is 0.0221. The molecule has 21 heavy (non-hydrogen) atoms. The standard InChI is InChI=1S/C18H20N2O/c1-13(15-7-4-8-17(19)11-15)18(21)20-10-9-14-5-2-3-6-16(14)12-20/h2-8,11,13H,9-10,12,19H2,1H3. The van der Waals surface area contributed by atoms with Gasteiger partial charge in [0, 0.05) is 18.8 Å². The molecule has 0 spiro atoms. The summed E-state index contributed by atoms with van der Waals surface area (Å²) >= 11 is 0. The van der Waals surface area contributed by atoms with Crippen molar-refractivity contribution in [3.05, 3.63) is 65.2 Å². The number of benzene rings is 2. The van der Waals surface area contributed by atoms with Gasteiger partial charge in [-0.3, -0.25) is 4.79 Å². The molecule has 0 radical (unpaired) electrons.